The van der Waals surface area contributed by atoms with Crippen molar-refractivity contribution < 1.29 is 13.9 Å². The van der Waals surface area contributed by atoms with Gasteiger partial charge in [0.2, 0.25) is 0 Å². The van der Waals surface area contributed by atoms with Crippen LogP contribution in [-0.4, -0.2) is 12.4 Å². The SMILES string of the molecule is BC12c3cc(C(C)(C)C)ccc3Oc3cc(-n4c5ccccc5c5c6oc7ccccc7c6ccc54)cc(c31)Oc1ccc(C(C)(C)C)cc12. The maximum atomic E-state index is 6.93. The largest absolute Gasteiger partial charge is 0.457 e. The average molecular weight is 652 g/mol. The second kappa shape index (κ2) is 9.63. The topological polar surface area (TPSA) is 36.5 Å². The zero-order chi connectivity index (χ0) is 34.3. The Labute approximate surface area is 292 Å². The number of nitrogens with zero attached hydrogens (tertiary/aromatic N) is 1. The number of aromatic nitrogens is 1. The fourth-order valence-corrected chi connectivity index (χ4v) is 8.48. The molecule has 0 spiro atoms. The quantitative estimate of drug-likeness (QED) is 0.166. The first-order valence-electron chi connectivity index (χ1n) is 17.6. The van der Waals surface area contributed by atoms with E-state index in [9.17, 15) is 0 Å². The van der Waals surface area contributed by atoms with Crippen LogP contribution in [0.25, 0.3) is 49.4 Å². The Balaban J connectivity index is 1.27. The molecule has 5 heteroatoms. The van der Waals surface area contributed by atoms with Crippen LogP contribution in [0.5, 0.6) is 23.0 Å². The highest BCUT2D eigenvalue weighted by molar-refractivity contribution is 6.24. The molecule has 8 aromatic rings. The van der Waals surface area contributed by atoms with Gasteiger partial charge in [-0.05, 0) is 58.4 Å². The molecule has 0 saturated heterocycles. The minimum absolute atomic E-state index is 0.0125. The van der Waals surface area contributed by atoms with Gasteiger partial charge in [-0.3, -0.25) is 0 Å². The van der Waals surface area contributed by atoms with E-state index >= 15 is 0 Å². The zero-order valence-corrected chi connectivity index (χ0v) is 29.6. The van der Waals surface area contributed by atoms with E-state index in [1.54, 1.807) is 0 Å². The van der Waals surface area contributed by atoms with Crippen molar-refractivity contribution >= 4 is 51.6 Å². The van der Waals surface area contributed by atoms with E-state index in [2.05, 4.69) is 151 Å². The number of hydrogen-bond donors (Lipinski definition) is 0. The molecule has 0 unspecified atom stereocenters. The molecule has 4 nitrogen and oxygen atoms in total. The fourth-order valence-electron chi connectivity index (χ4n) is 8.48. The minimum atomic E-state index is -0.492. The number of rotatable bonds is 1. The molecule has 244 valence electrons. The van der Waals surface area contributed by atoms with E-state index in [1.165, 1.54) is 22.3 Å². The van der Waals surface area contributed by atoms with Gasteiger partial charge < -0.3 is 18.5 Å². The van der Waals surface area contributed by atoms with Gasteiger partial charge in [-0.2, -0.15) is 0 Å². The molecule has 6 aromatic carbocycles. The summed E-state index contributed by atoms with van der Waals surface area (Å²) in [7, 11) is 2.36. The number of benzene rings is 6. The molecule has 0 fully saturated rings. The van der Waals surface area contributed by atoms with Crippen molar-refractivity contribution in [3.63, 3.8) is 0 Å². The maximum absolute atomic E-state index is 6.93. The van der Waals surface area contributed by atoms with Crippen LogP contribution in [0.15, 0.2) is 114 Å². The van der Waals surface area contributed by atoms with Gasteiger partial charge in [0, 0.05) is 50.3 Å². The molecule has 0 amide bonds. The number of furan rings is 1. The van der Waals surface area contributed by atoms with E-state index < -0.39 is 5.31 Å². The minimum Gasteiger partial charge on any atom is -0.457 e. The molecule has 2 aliphatic rings. The molecule has 0 bridgehead atoms. The van der Waals surface area contributed by atoms with Gasteiger partial charge in [-0.1, -0.05) is 102 Å². The smallest absolute Gasteiger partial charge is 0.145 e. The van der Waals surface area contributed by atoms with Crippen molar-refractivity contribution in [2.75, 3.05) is 0 Å². The number of fused-ring (bicyclic) bond motifs is 11. The Morgan fingerprint density at radius 1 is 0.560 bits per heavy atom. The van der Waals surface area contributed by atoms with Gasteiger partial charge in [-0.15, -0.1) is 0 Å². The standard InChI is InChI=1S/C45H38BNO3/c1-43(2,3)25-15-19-36-31(21-25)45(46)32-22-26(44(4,5)6)16-20-37(32)49-39-24-27(23-38(48-36)41(39)45)47-33-13-9-7-12-30(33)40-34(47)18-17-29-28-11-8-10-14-35(28)50-42(29)40/h7-24H,46H2,1-6H3. The third-order valence-corrected chi connectivity index (χ3v) is 11.2. The molecule has 2 aromatic heterocycles. The van der Waals surface area contributed by atoms with Gasteiger partial charge >= 0.3 is 0 Å². The van der Waals surface area contributed by atoms with Crippen LogP contribution in [0.2, 0.25) is 0 Å². The van der Waals surface area contributed by atoms with Crippen molar-refractivity contribution in [1.29, 1.82) is 0 Å². The monoisotopic (exact) mass is 651 g/mol. The van der Waals surface area contributed by atoms with Crippen LogP contribution >= 0.6 is 0 Å². The summed E-state index contributed by atoms with van der Waals surface area (Å²) < 4.78 is 22.8. The molecule has 2 aliphatic heterocycles. The normalized spacial score (nSPS) is 14.8. The van der Waals surface area contributed by atoms with Crippen LogP contribution in [0.3, 0.4) is 0 Å². The Morgan fingerprint density at radius 3 is 1.76 bits per heavy atom. The third-order valence-electron chi connectivity index (χ3n) is 11.2. The summed E-state index contributed by atoms with van der Waals surface area (Å²) in [5, 5.41) is 4.00. The number of para-hydroxylation sites is 2. The van der Waals surface area contributed by atoms with Crippen LogP contribution in [-0.2, 0) is 16.1 Å². The van der Waals surface area contributed by atoms with Gasteiger partial charge in [0.15, 0.2) is 0 Å². The maximum Gasteiger partial charge on any atom is 0.145 e. The second-order valence-corrected chi connectivity index (χ2v) is 16.4. The van der Waals surface area contributed by atoms with E-state index in [-0.39, 0.29) is 10.8 Å². The van der Waals surface area contributed by atoms with E-state index in [0.29, 0.717) is 0 Å². The Hall–Kier alpha value is -5.42. The van der Waals surface area contributed by atoms with Crippen molar-refractivity contribution in [3.8, 4) is 28.7 Å². The summed E-state index contributed by atoms with van der Waals surface area (Å²) in [6.07, 6.45) is 0. The molecule has 50 heavy (non-hydrogen) atoms. The van der Waals surface area contributed by atoms with Gasteiger partial charge in [-0.25, -0.2) is 0 Å². The lowest BCUT2D eigenvalue weighted by Crippen LogP contribution is -2.37. The van der Waals surface area contributed by atoms with Gasteiger partial charge in [0.25, 0.3) is 0 Å². The summed E-state index contributed by atoms with van der Waals surface area (Å²) in [6, 6.07) is 39.2. The molecule has 0 radical (unpaired) electrons. The highest BCUT2D eigenvalue weighted by Crippen LogP contribution is 2.60. The van der Waals surface area contributed by atoms with E-state index in [1.807, 2.05) is 12.1 Å². The molecular formula is C45H38BNO3. The van der Waals surface area contributed by atoms with Crippen LogP contribution in [0, 0.1) is 0 Å². The van der Waals surface area contributed by atoms with E-state index in [4.69, 9.17) is 13.9 Å². The zero-order valence-electron chi connectivity index (χ0n) is 29.6. The molecule has 0 aliphatic carbocycles. The van der Waals surface area contributed by atoms with Crippen molar-refractivity contribution in [2.45, 2.75) is 57.7 Å². The summed E-state index contributed by atoms with van der Waals surface area (Å²) in [4.78, 5) is 0. The summed E-state index contributed by atoms with van der Waals surface area (Å²) in [6.45, 7) is 13.6. The van der Waals surface area contributed by atoms with Crippen molar-refractivity contribution in [2.24, 2.45) is 0 Å². The first kappa shape index (κ1) is 29.5. The van der Waals surface area contributed by atoms with E-state index in [0.717, 1.165) is 78.0 Å². The fraction of sp³-hybridized carbons (Fsp3) is 0.200. The van der Waals surface area contributed by atoms with Crippen molar-refractivity contribution in [3.05, 3.63) is 137 Å². The van der Waals surface area contributed by atoms with Gasteiger partial charge in [0.1, 0.15) is 42.0 Å². The van der Waals surface area contributed by atoms with Crippen LogP contribution in [0.4, 0.5) is 0 Å². The third kappa shape index (κ3) is 3.89. The summed E-state index contributed by atoms with van der Waals surface area (Å²) in [5.41, 5.74) is 10.9. The Bertz CT molecular complexity index is 2660. The first-order chi connectivity index (χ1) is 23.9. The number of hydrogen-bond acceptors (Lipinski definition) is 3. The average Bonchev–Trinajstić information content (AvgIpc) is 3.63. The highest BCUT2D eigenvalue weighted by atomic mass is 16.5. The number of ether oxygens (including phenoxy) is 2. The van der Waals surface area contributed by atoms with Gasteiger partial charge in [0.05, 0.1) is 22.1 Å². The molecule has 0 atom stereocenters. The predicted octanol–water partition coefficient (Wildman–Crippen LogP) is 11.4. The summed E-state index contributed by atoms with van der Waals surface area (Å²) in [5.74, 6) is 3.41. The Kier molecular flexibility index (Phi) is 5.68. The molecule has 4 heterocycles. The van der Waals surface area contributed by atoms with Crippen molar-refractivity contribution in [1.82, 2.24) is 4.57 Å². The van der Waals surface area contributed by atoms with Crippen LogP contribution < -0.4 is 9.47 Å². The predicted molar refractivity (Wildman–Crippen MR) is 207 cm³/mol. The molecule has 0 saturated carbocycles. The molecular weight excluding hydrogens is 613 g/mol. The lowest BCUT2D eigenvalue weighted by atomic mass is 9.53. The lowest BCUT2D eigenvalue weighted by Gasteiger charge is -2.44. The highest BCUT2D eigenvalue weighted by Gasteiger charge is 2.47. The Morgan fingerprint density at radius 2 is 1.14 bits per heavy atom. The summed E-state index contributed by atoms with van der Waals surface area (Å²) >= 11 is 0. The molecule has 0 N–H and O–H groups in total. The first-order valence-corrected chi connectivity index (χ1v) is 17.6. The second-order valence-electron chi connectivity index (χ2n) is 16.4. The molecule has 10 rings (SSSR count). The lowest BCUT2D eigenvalue weighted by molar-refractivity contribution is 0.398. The van der Waals surface area contributed by atoms with Crippen LogP contribution in [0.1, 0.15) is 69.4 Å².